The molecule has 1 fully saturated rings. The van der Waals surface area contributed by atoms with Gasteiger partial charge in [-0.15, -0.1) is 0 Å². The Kier molecular flexibility index (Phi) is 3.59. The van der Waals surface area contributed by atoms with Crippen LogP contribution in [0.4, 0.5) is 13.2 Å². The van der Waals surface area contributed by atoms with Crippen molar-refractivity contribution in [2.75, 3.05) is 0 Å². The number of alkyl halides is 3. The maximum absolute atomic E-state index is 12.6. The molecule has 1 saturated carbocycles. The summed E-state index contributed by atoms with van der Waals surface area (Å²) in [5.41, 5.74) is 5.26. The van der Waals surface area contributed by atoms with E-state index in [9.17, 15) is 13.2 Å². The molecule has 0 unspecified atom stereocenters. The number of hydrogen-bond donors (Lipinski definition) is 1. The van der Waals surface area contributed by atoms with Crippen molar-refractivity contribution in [2.24, 2.45) is 11.7 Å². The van der Waals surface area contributed by atoms with E-state index in [1.165, 1.54) is 0 Å². The van der Waals surface area contributed by atoms with Gasteiger partial charge < -0.3 is 10.3 Å². The van der Waals surface area contributed by atoms with Gasteiger partial charge in [0.2, 0.25) is 5.89 Å². The molecule has 2 N–H and O–H groups in total. The minimum absolute atomic E-state index is 0.0194. The van der Waals surface area contributed by atoms with E-state index in [0.29, 0.717) is 11.7 Å². The first kappa shape index (κ1) is 14.3. The maximum atomic E-state index is 12.6. The lowest BCUT2D eigenvalue weighted by Gasteiger charge is -2.35. The highest BCUT2D eigenvalue weighted by Gasteiger charge is 2.46. The molecule has 0 bridgehead atoms. The van der Waals surface area contributed by atoms with Gasteiger partial charge in [-0.25, -0.2) is 0 Å². The zero-order valence-electron chi connectivity index (χ0n) is 11.0. The summed E-state index contributed by atoms with van der Waals surface area (Å²) in [5, 5.41) is 3.83. The van der Waals surface area contributed by atoms with Gasteiger partial charge in [-0.2, -0.15) is 18.2 Å². The van der Waals surface area contributed by atoms with Gasteiger partial charge in [-0.05, 0) is 25.7 Å². The molecule has 1 aromatic heterocycles. The van der Waals surface area contributed by atoms with Gasteiger partial charge in [0, 0.05) is 5.92 Å². The monoisotopic (exact) mass is 277 g/mol. The van der Waals surface area contributed by atoms with Crippen molar-refractivity contribution in [2.45, 2.75) is 57.2 Å². The number of aromatic nitrogens is 2. The normalized spacial score (nSPS) is 28.9. The highest BCUT2D eigenvalue weighted by Crippen LogP contribution is 2.43. The average Bonchev–Trinajstić information content (AvgIpc) is 2.78. The Bertz CT molecular complexity index is 434. The summed E-state index contributed by atoms with van der Waals surface area (Å²) in [4.78, 5) is 4.21. The van der Waals surface area contributed by atoms with Crippen LogP contribution in [0, 0.1) is 5.92 Å². The van der Waals surface area contributed by atoms with Crippen molar-refractivity contribution in [3.63, 3.8) is 0 Å². The molecule has 4 nitrogen and oxygen atoms in total. The number of rotatable bonds is 2. The van der Waals surface area contributed by atoms with Gasteiger partial charge in [-0.1, -0.05) is 19.0 Å². The van der Waals surface area contributed by atoms with Gasteiger partial charge in [0.1, 0.15) is 0 Å². The standard InChI is InChI=1S/C12H18F3N3O/c1-7(2)9-17-10(18-19-9)11(16)5-3-8(4-6-11)12(13,14)15/h7-8H,3-6,16H2,1-2H3. The Labute approximate surface area is 109 Å². The minimum atomic E-state index is -4.14. The van der Waals surface area contributed by atoms with Crippen LogP contribution in [0.25, 0.3) is 0 Å². The van der Waals surface area contributed by atoms with Crippen LogP contribution in [0.15, 0.2) is 4.52 Å². The molecule has 1 aromatic rings. The summed E-state index contributed by atoms with van der Waals surface area (Å²) in [5.74, 6) is -0.383. The second-order valence-electron chi connectivity index (χ2n) is 5.58. The SMILES string of the molecule is CC(C)c1nc(C2(N)CCC(C(F)(F)F)CC2)no1. The number of nitrogens with two attached hydrogens (primary N) is 1. The largest absolute Gasteiger partial charge is 0.391 e. The smallest absolute Gasteiger partial charge is 0.339 e. The van der Waals surface area contributed by atoms with Crippen LogP contribution in [0.3, 0.4) is 0 Å². The van der Waals surface area contributed by atoms with Crippen molar-refractivity contribution in [3.8, 4) is 0 Å². The summed E-state index contributed by atoms with van der Waals surface area (Å²) in [7, 11) is 0. The summed E-state index contributed by atoms with van der Waals surface area (Å²) >= 11 is 0. The summed E-state index contributed by atoms with van der Waals surface area (Å²) in [6.45, 7) is 3.81. The molecule has 0 radical (unpaired) electrons. The number of nitrogens with zero attached hydrogens (tertiary/aromatic N) is 2. The first-order chi connectivity index (χ1) is 8.72. The fraction of sp³-hybridized carbons (Fsp3) is 0.833. The fourth-order valence-electron chi connectivity index (χ4n) is 2.36. The predicted octanol–water partition coefficient (Wildman–Crippen LogP) is 3.10. The van der Waals surface area contributed by atoms with Crippen LogP contribution in [0.5, 0.6) is 0 Å². The summed E-state index contributed by atoms with van der Waals surface area (Å²) in [6.07, 6.45) is -3.64. The van der Waals surface area contributed by atoms with Crippen molar-refractivity contribution in [1.29, 1.82) is 0 Å². The van der Waals surface area contributed by atoms with Crippen LogP contribution in [-0.2, 0) is 5.54 Å². The van der Waals surface area contributed by atoms with Crippen LogP contribution < -0.4 is 5.73 Å². The van der Waals surface area contributed by atoms with E-state index < -0.39 is 17.6 Å². The molecule has 1 heterocycles. The lowest BCUT2D eigenvalue weighted by atomic mass is 9.76. The van der Waals surface area contributed by atoms with E-state index in [-0.39, 0.29) is 31.6 Å². The molecule has 0 aromatic carbocycles. The van der Waals surface area contributed by atoms with Gasteiger partial charge in [0.25, 0.3) is 0 Å². The zero-order chi connectivity index (χ0) is 14.3. The van der Waals surface area contributed by atoms with Crippen LogP contribution in [0.2, 0.25) is 0 Å². The molecule has 1 aliphatic carbocycles. The molecule has 0 aliphatic heterocycles. The lowest BCUT2D eigenvalue weighted by Crippen LogP contribution is -2.43. The fourth-order valence-corrected chi connectivity index (χ4v) is 2.36. The zero-order valence-corrected chi connectivity index (χ0v) is 11.0. The van der Waals surface area contributed by atoms with Crippen molar-refractivity contribution >= 4 is 0 Å². The van der Waals surface area contributed by atoms with Crippen LogP contribution >= 0.6 is 0 Å². The molecule has 7 heteroatoms. The molecular formula is C12H18F3N3O. The average molecular weight is 277 g/mol. The van der Waals surface area contributed by atoms with Gasteiger partial charge in [0.05, 0.1) is 11.5 Å². The minimum Gasteiger partial charge on any atom is -0.339 e. The highest BCUT2D eigenvalue weighted by atomic mass is 19.4. The topological polar surface area (TPSA) is 64.9 Å². The lowest BCUT2D eigenvalue weighted by molar-refractivity contribution is -0.185. The van der Waals surface area contributed by atoms with E-state index in [2.05, 4.69) is 10.1 Å². The second-order valence-corrected chi connectivity index (χ2v) is 5.58. The van der Waals surface area contributed by atoms with E-state index >= 15 is 0 Å². The van der Waals surface area contributed by atoms with Gasteiger partial charge in [-0.3, -0.25) is 0 Å². The third-order valence-corrected chi connectivity index (χ3v) is 3.72. The summed E-state index contributed by atoms with van der Waals surface area (Å²) in [6, 6.07) is 0. The van der Waals surface area contributed by atoms with E-state index in [4.69, 9.17) is 10.3 Å². The maximum Gasteiger partial charge on any atom is 0.391 e. The number of halogens is 3. The second kappa shape index (κ2) is 4.77. The highest BCUT2D eigenvalue weighted by molar-refractivity contribution is 5.07. The Hall–Kier alpha value is -1.11. The van der Waals surface area contributed by atoms with Gasteiger partial charge in [0.15, 0.2) is 5.82 Å². The van der Waals surface area contributed by atoms with Crippen LogP contribution in [0.1, 0.15) is 57.2 Å². The van der Waals surface area contributed by atoms with E-state index in [1.807, 2.05) is 13.8 Å². The molecule has 0 atom stereocenters. The van der Waals surface area contributed by atoms with E-state index in [0.717, 1.165) is 0 Å². The Morgan fingerprint density at radius 2 is 1.89 bits per heavy atom. The molecule has 1 aliphatic rings. The van der Waals surface area contributed by atoms with Crippen molar-refractivity contribution in [3.05, 3.63) is 11.7 Å². The molecule has 108 valence electrons. The quantitative estimate of drug-likeness (QED) is 0.902. The van der Waals surface area contributed by atoms with Crippen molar-refractivity contribution in [1.82, 2.24) is 10.1 Å². The Balaban J connectivity index is 2.09. The molecule has 2 rings (SSSR count). The molecule has 0 amide bonds. The third kappa shape index (κ3) is 2.91. The molecule has 0 spiro atoms. The Morgan fingerprint density at radius 3 is 2.32 bits per heavy atom. The Morgan fingerprint density at radius 1 is 1.32 bits per heavy atom. The first-order valence-electron chi connectivity index (χ1n) is 6.42. The van der Waals surface area contributed by atoms with Crippen molar-refractivity contribution < 1.29 is 17.7 Å². The third-order valence-electron chi connectivity index (χ3n) is 3.72. The number of hydrogen-bond acceptors (Lipinski definition) is 4. The molecule has 19 heavy (non-hydrogen) atoms. The molecular weight excluding hydrogens is 259 g/mol. The van der Waals surface area contributed by atoms with Crippen LogP contribution in [-0.4, -0.2) is 16.3 Å². The van der Waals surface area contributed by atoms with Gasteiger partial charge >= 0.3 is 6.18 Å². The molecule has 0 saturated heterocycles. The summed E-state index contributed by atoms with van der Waals surface area (Å²) < 4.78 is 42.9. The predicted molar refractivity (Wildman–Crippen MR) is 62.3 cm³/mol. The van der Waals surface area contributed by atoms with E-state index in [1.54, 1.807) is 0 Å². The first-order valence-corrected chi connectivity index (χ1v) is 6.42.